The van der Waals surface area contributed by atoms with Gasteiger partial charge in [0.25, 0.3) is 5.91 Å². The lowest BCUT2D eigenvalue weighted by Crippen LogP contribution is -2.47. The monoisotopic (exact) mass is 470 g/mol. The van der Waals surface area contributed by atoms with Gasteiger partial charge >= 0.3 is 0 Å². The van der Waals surface area contributed by atoms with Gasteiger partial charge in [-0.2, -0.15) is 0 Å². The molecule has 1 aliphatic rings. The molecule has 0 atom stereocenters. The molecule has 0 spiro atoms. The lowest BCUT2D eigenvalue weighted by molar-refractivity contribution is -0.116. The zero-order chi connectivity index (χ0) is 23.5. The van der Waals surface area contributed by atoms with Crippen LogP contribution in [0.15, 0.2) is 48.5 Å². The summed E-state index contributed by atoms with van der Waals surface area (Å²) in [6, 6.07) is 14.0. The second-order valence-corrected chi connectivity index (χ2v) is 9.16. The van der Waals surface area contributed by atoms with Crippen molar-refractivity contribution < 1.29 is 14.0 Å². The number of halogens is 2. The topological polar surface area (TPSA) is 66.4 Å². The second kappa shape index (κ2) is 9.93. The number of piperidine rings is 1. The third-order valence-corrected chi connectivity index (χ3v) is 6.38. The van der Waals surface area contributed by atoms with Crippen molar-refractivity contribution in [3.8, 4) is 0 Å². The molecule has 2 N–H and O–H groups in total. The average Bonchev–Trinajstić information content (AvgIpc) is 3.14. The van der Waals surface area contributed by atoms with Gasteiger partial charge in [-0.3, -0.25) is 9.59 Å². The highest BCUT2D eigenvalue weighted by molar-refractivity contribution is 6.30. The van der Waals surface area contributed by atoms with E-state index >= 15 is 0 Å². The lowest BCUT2D eigenvalue weighted by Gasteiger charge is -2.34. The summed E-state index contributed by atoms with van der Waals surface area (Å²) >= 11 is 5.79. The number of nitrogens with zero attached hydrogens (tertiary/aromatic N) is 2. The number of likely N-dealkylation sites (tertiary alicyclic amines) is 1. The average molecular weight is 471 g/mol. The molecule has 33 heavy (non-hydrogen) atoms. The van der Waals surface area contributed by atoms with E-state index in [1.807, 2.05) is 24.3 Å². The van der Waals surface area contributed by atoms with Crippen LogP contribution >= 0.6 is 11.6 Å². The van der Waals surface area contributed by atoms with Crippen molar-refractivity contribution in [3.63, 3.8) is 0 Å². The van der Waals surface area contributed by atoms with Crippen LogP contribution in [0.5, 0.6) is 0 Å². The molecule has 4 rings (SSSR count). The van der Waals surface area contributed by atoms with Gasteiger partial charge in [-0.25, -0.2) is 4.39 Å². The number of benzene rings is 2. The van der Waals surface area contributed by atoms with Crippen molar-refractivity contribution in [2.24, 2.45) is 0 Å². The molecule has 1 aliphatic heterocycles. The second-order valence-electron chi connectivity index (χ2n) is 8.72. The fourth-order valence-corrected chi connectivity index (χ4v) is 4.47. The molecule has 0 saturated carbocycles. The molecule has 0 bridgehead atoms. The quantitative estimate of drug-likeness (QED) is 0.550. The Morgan fingerprint density at radius 2 is 1.85 bits per heavy atom. The highest BCUT2D eigenvalue weighted by Crippen LogP contribution is 2.22. The van der Waals surface area contributed by atoms with E-state index in [0.717, 1.165) is 42.9 Å². The molecule has 1 saturated heterocycles. The number of rotatable bonds is 6. The molecular weight excluding hydrogens is 443 g/mol. The summed E-state index contributed by atoms with van der Waals surface area (Å²) in [7, 11) is 0. The number of nitrogens with one attached hydrogen (secondary N) is 2. The van der Waals surface area contributed by atoms with Gasteiger partial charge in [-0.05, 0) is 57.0 Å². The SMILES string of the molecule is CC(C)N1CCC(NC(=O)c2cc3ccccc3n2CC(=O)Nc2ccc(Cl)cc2F)CC1. The predicted octanol–water partition coefficient (Wildman–Crippen LogP) is 4.68. The van der Waals surface area contributed by atoms with Crippen molar-refractivity contribution in [1.82, 2.24) is 14.8 Å². The number of para-hydroxylation sites is 1. The summed E-state index contributed by atoms with van der Waals surface area (Å²) in [6.07, 6.45) is 1.78. The Hall–Kier alpha value is -2.90. The summed E-state index contributed by atoms with van der Waals surface area (Å²) in [4.78, 5) is 28.4. The summed E-state index contributed by atoms with van der Waals surface area (Å²) in [5, 5.41) is 6.83. The minimum atomic E-state index is -0.612. The van der Waals surface area contributed by atoms with Gasteiger partial charge in [0.1, 0.15) is 18.1 Å². The lowest BCUT2D eigenvalue weighted by atomic mass is 10.0. The molecule has 0 unspecified atom stereocenters. The van der Waals surface area contributed by atoms with Gasteiger partial charge in [0.2, 0.25) is 5.91 Å². The van der Waals surface area contributed by atoms with Crippen LogP contribution in [-0.2, 0) is 11.3 Å². The van der Waals surface area contributed by atoms with E-state index in [1.54, 1.807) is 10.6 Å². The fraction of sp³-hybridized carbons (Fsp3) is 0.360. The number of fused-ring (bicyclic) bond motifs is 1. The van der Waals surface area contributed by atoms with E-state index in [4.69, 9.17) is 11.6 Å². The molecule has 3 aromatic rings. The van der Waals surface area contributed by atoms with Gasteiger partial charge in [-0.1, -0.05) is 29.8 Å². The Balaban J connectivity index is 1.52. The van der Waals surface area contributed by atoms with Crippen LogP contribution in [0.1, 0.15) is 37.2 Å². The largest absolute Gasteiger partial charge is 0.348 e. The maximum absolute atomic E-state index is 14.1. The number of carbonyl (C=O) groups is 2. The summed E-state index contributed by atoms with van der Waals surface area (Å²) in [5.41, 5.74) is 1.22. The number of aromatic nitrogens is 1. The first-order valence-corrected chi connectivity index (χ1v) is 11.6. The highest BCUT2D eigenvalue weighted by Gasteiger charge is 2.24. The van der Waals surface area contributed by atoms with Crippen molar-refractivity contribution in [3.05, 3.63) is 65.1 Å². The van der Waals surface area contributed by atoms with E-state index < -0.39 is 11.7 Å². The Morgan fingerprint density at radius 1 is 1.12 bits per heavy atom. The molecule has 1 fully saturated rings. The first-order chi connectivity index (χ1) is 15.8. The molecule has 2 aromatic carbocycles. The Labute approximate surface area is 197 Å². The van der Waals surface area contributed by atoms with Crippen molar-refractivity contribution in [2.75, 3.05) is 18.4 Å². The molecule has 0 aliphatic carbocycles. The zero-order valence-electron chi connectivity index (χ0n) is 18.8. The van der Waals surface area contributed by atoms with Gasteiger partial charge in [0.15, 0.2) is 0 Å². The minimum Gasteiger partial charge on any atom is -0.348 e. The Kier molecular flexibility index (Phi) is 7.00. The van der Waals surface area contributed by atoms with Crippen LogP contribution in [0.4, 0.5) is 10.1 Å². The minimum absolute atomic E-state index is 0.0452. The van der Waals surface area contributed by atoms with Crippen molar-refractivity contribution >= 4 is 40.0 Å². The van der Waals surface area contributed by atoms with Crippen LogP contribution in [-0.4, -0.2) is 46.5 Å². The van der Waals surface area contributed by atoms with Gasteiger partial charge in [0.05, 0.1) is 5.69 Å². The normalized spacial score (nSPS) is 15.2. The molecule has 2 heterocycles. The van der Waals surface area contributed by atoms with Crippen LogP contribution in [0, 0.1) is 5.82 Å². The Bertz CT molecular complexity index is 1170. The van der Waals surface area contributed by atoms with E-state index in [1.165, 1.54) is 12.1 Å². The molecule has 1 aromatic heterocycles. The van der Waals surface area contributed by atoms with Crippen molar-refractivity contribution in [1.29, 1.82) is 0 Å². The third kappa shape index (κ3) is 5.37. The standard InChI is InChI=1S/C25H28ClFN4O2/c1-16(2)30-11-9-19(10-12-30)28-25(33)23-13-17-5-3-4-6-22(17)31(23)15-24(32)29-21-8-7-18(26)14-20(21)27/h3-8,13-14,16,19H,9-12,15H2,1-2H3,(H,28,33)(H,29,32). The number of hydrogen-bond donors (Lipinski definition) is 2. The number of carbonyl (C=O) groups excluding carboxylic acids is 2. The molecule has 0 radical (unpaired) electrons. The van der Waals surface area contributed by atoms with Crippen LogP contribution < -0.4 is 10.6 Å². The van der Waals surface area contributed by atoms with Crippen LogP contribution in [0.25, 0.3) is 10.9 Å². The Morgan fingerprint density at radius 3 is 2.55 bits per heavy atom. The smallest absolute Gasteiger partial charge is 0.268 e. The summed E-state index contributed by atoms with van der Waals surface area (Å²) in [6.45, 7) is 6.13. The van der Waals surface area contributed by atoms with E-state index in [-0.39, 0.29) is 29.2 Å². The predicted molar refractivity (Wildman–Crippen MR) is 129 cm³/mol. The maximum atomic E-state index is 14.1. The molecular formula is C25H28ClFN4O2. The van der Waals surface area contributed by atoms with E-state index in [2.05, 4.69) is 29.4 Å². The van der Waals surface area contributed by atoms with Crippen molar-refractivity contribution in [2.45, 2.75) is 45.3 Å². The first kappa shape index (κ1) is 23.3. The van der Waals surface area contributed by atoms with E-state index in [9.17, 15) is 14.0 Å². The van der Waals surface area contributed by atoms with Crippen LogP contribution in [0.2, 0.25) is 5.02 Å². The first-order valence-electron chi connectivity index (χ1n) is 11.2. The van der Waals surface area contributed by atoms with Gasteiger partial charge in [0, 0.05) is 41.1 Å². The number of anilines is 1. The number of amides is 2. The van der Waals surface area contributed by atoms with Gasteiger partial charge in [-0.15, -0.1) is 0 Å². The highest BCUT2D eigenvalue weighted by atomic mass is 35.5. The number of hydrogen-bond acceptors (Lipinski definition) is 3. The maximum Gasteiger partial charge on any atom is 0.268 e. The molecule has 6 nitrogen and oxygen atoms in total. The molecule has 2 amide bonds. The summed E-state index contributed by atoms with van der Waals surface area (Å²) in [5.74, 6) is -1.25. The third-order valence-electron chi connectivity index (χ3n) is 6.15. The van der Waals surface area contributed by atoms with Gasteiger partial charge < -0.3 is 20.1 Å². The van der Waals surface area contributed by atoms with E-state index in [0.29, 0.717) is 11.7 Å². The summed E-state index contributed by atoms with van der Waals surface area (Å²) < 4.78 is 15.8. The van der Waals surface area contributed by atoms with Crippen LogP contribution in [0.3, 0.4) is 0 Å². The molecule has 8 heteroatoms. The zero-order valence-corrected chi connectivity index (χ0v) is 19.5. The molecule has 174 valence electrons. The fourth-order valence-electron chi connectivity index (χ4n) is 4.31.